The number of nitrogens with one attached hydrogen (secondary N) is 1. The third kappa shape index (κ3) is 3.07. The van der Waals surface area contributed by atoms with Gasteiger partial charge in [0.1, 0.15) is 0 Å². The van der Waals surface area contributed by atoms with Crippen molar-refractivity contribution in [1.82, 2.24) is 15.2 Å². The predicted octanol–water partition coefficient (Wildman–Crippen LogP) is 1.32. The molecule has 0 atom stereocenters. The van der Waals surface area contributed by atoms with Crippen LogP contribution in [-0.2, 0) is 11.3 Å². The Labute approximate surface area is 107 Å². The van der Waals surface area contributed by atoms with Crippen molar-refractivity contribution in [1.29, 1.82) is 0 Å². The number of nitrogens with zero attached hydrogens (tertiary/aromatic N) is 2. The van der Waals surface area contributed by atoms with Gasteiger partial charge >= 0.3 is 0 Å². The molecule has 0 saturated heterocycles. The fraction of sp³-hybridized carbons (Fsp3) is 0.571. The molecule has 1 heterocycles. The van der Waals surface area contributed by atoms with E-state index in [0.717, 1.165) is 18.5 Å². The molecule has 96 valence electrons. The molecule has 2 fully saturated rings. The van der Waals surface area contributed by atoms with E-state index < -0.39 is 0 Å². The zero-order chi connectivity index (χ0) is 12.4. The molecular formula is C14H19N3O. The second-order valence-corrected chi connectivity index (χ2v) is 5.23. The monoisotopic (exact) mass is 245 g/mol. The van der Waals surface area contributed by atoms with Gasteiger partial charge in [-0.3, -0.25) is 9.78 Å². The Morgan fingerprint density at radius 3 is 2.78 bits per heavy atom. The van der Waals surface area contributed by atoms with E-state index in [4.69, 9.17) is 0 Å². The number of pyridine rings is 1. The second-order valence-electron chi connectivity index (χ2n) is 5.23. The van der Waals surface area contributed by atoms with Crippen molar-refractivity contribution in [2.75, 3.05) is 6.54 Å². The van der Waals surface area contributed by atoms with Crippen molar-refractivity contribution in [3.05, 3.63) is 30.1 Å². The SMILES string of the molecule is O=C(CNC1CC1)N(Cc1ccccn1)C1CC1. The van der Waals surface area contributed by atoms with E-state index in [0.29, 0.717) is 25.2 Å². The standard InChI is InChI=1S/C14H19N3O/c18-14(9-16-11-4-5-11)17(13-6-7-13)10-12-3-1-2-8-15-12/h1-3,8,11,13,16H,4-7,9-10H2. The Hall–Kier alpha value is -1.42. The highest BCUT2D eigenvalue weighted by molar-refractivity contribution is 5.79. The number of carbonyl (C=O) groups excluding carboxylic acids is 1. The number of hydrogen-bond donors (Lipinski definition) is 1. The van der Waals surface area contributed by atoms with E-state index in [1.54, 1.807) is 6.20 Å². The first-order valence-corrected chi connectivity index (χ1v) is 6.75. The topological polar surface area (TPSA) is 45.2 Å². The fourth-order valence-electron chi connectivity index (χ4n) is 2.09. The summed E-state index contributed by atoms with van der Waals surface area (Å²) in [5, 5.41) is 3.29. The summed E-state index contributed by atoms with van der Waals surface area (Å²) >= 11 is 0. The molecule has 2 aliphatic rings. The average molecular weight is 245 g/mol. The summed E-state index contributed by atoms with van der Waals surface area (Å²) in [6, 6.07) is 6.89. The molecule has 4 heteroatoms. The summed E-state index contributed by atoms with van der Waals surface area (Å²) in [7, 11) is 0. The van der Waals surface area contributed by atoms with Crippen molar-refractivity contribution in [3.63, 3.8) is 0 Å². The van der Waals surface area contributed by atoms with E-state index in [1.165, 1.54) is 12.8 Å². The molecule has 0 aliphatic heterocycles. The van der Waals surface area contributed by atoms with E-state index in [-0.39, 0.29) is 5.91 Å². The van der Waals surface area contributed by atoms with Crippen LogP contribution < -0.4 is 5.32 Å². The molecule has 1 amide bonds. The quantitative estimate of drug-likeness (QED) is 0.822. The van der Waals surface area contributed by atoms with Gasteiger partial charge < -0.3 is 10.2 Å². The first-order valence-electron chi connectivity index (χ1n) is 6.75. The molecule has 0 aromatic carbocycles. The van der Waals surface area contributed by atoms with Gasteiger partial charge in [0.2, 0.25) is 5.91 Å². The summed E-state index contributed by atoms with van der Waals surface area (Å²) in [4.78, 5) is 18.5. The van der Waals surface area contributed by atoms with E-state index in [9.17, 15) is 4.79 Å². The normalized spacial score (nSPS) is 18.7. The van der Waals surface area contributed by atoms with Gasteiger partial charge in [0.05, 0.1) is 18.8 Å². The summed E-state index contributed by atoms with van der Waals surface area (Å²) in [5.74, 6) is 0.218. The Bertz CT molecular complexity index is 412. The minimum Gasteiger partial charge on any atom is -0.333 e. The summed E-state index contributed by atoms with van der Waals surface area (Å²) in [6.07, 6.45) is 6.51. The lowest BCUT2D eigenvalue weighted by atomic mass is 10.3. The smallest absolute Gasteiger partial charge is 0.237 e. The maximum atomic E-state index is 12.2. The largest absolute Gasteiger partial charge is 0.333 e. The first kappa shape index (κ1) is 11.7. The third-order valence-electron chi connectivity index (χ3n) is 3.49. The van der Waals surface area contributed by atoms with E-state index in [2.05, 4.69) is 10.3 Å². The van der Waals surface area contributed by atoms with Crippen LogP contribution in [-0.4, -0.2) is 34.4 Å². The minimum absolute atomic E-state index is 0.218. The van der Waals surface area contributed by atoms with E-state index >= 15 is 0 Å². The maximum absolute atomic E-state index is 12.2. The minimum atomic E-state index is 0.218. The van der Waals surface area contributed by atoms with Crippen LogP contribution in [0.2, 0.25) is 0 Å². The molecule has 18 heavy (non-hydrogen) atoms. The lowest BCUT2D eigenvalue weighted by Gasteiger charge is -2.22. The van der Waals surface area contributed by atoms with Crippen LogP contribution in [0.15, 0.2) is 24.4 Å². The molecule has 1 N–H and O–H groups in total. The predicted molar refractivity (Wildman–Crippen MR) is 68.8 cm³/mol. The van der Waals surface area contributed by atoms with Crippen LogP contribution >= 0.6 is 0 Å². The van der Waals surface area contributed by atoms with Crippen LogP contribution in [0, 0.1) is 0 Å². The number of rotatable bonds is 6. The maximum Gasteiger partial charge on any atom is 0.237 e. The zero-order valence-electron chi connectivity index (χ0n) is 10.5. The van der Waals surface area contributed by atoms with Gasteiger partial charge in [-0.25, -0.2) is 0 Å². The van der Waals surface area contributed by atoms with Gasteiger partial charge in [0.25, 0.3) is 0 Å². The summed E-state index contributed by atoms with van der Waals surface area (Å²) in [6.45, 7) is 1.13. The van der Waals surface area contributed by atoms with Crippen molar-refractivity contribution in [3.8, 4) is 0 Å². The molecular weight excluding hydrogens is 226 g/mol. The highest BCUT2D eigenvalue weighted by atomic mass is 16.2. The van der Waals surface area contributed by atoms with Crippen LogP contribution in [0.25, 0.3) is 0 Å². The molecule has 3 rings (SSSR count). The second kappa shape index (κ2) is 5.06. The van der Waals surface area contributed by atoms with Gasteiger partial charge in [-0.1, -0.05) is 6.07 Å². The van der Waals surface area contributed by atoms with Crippen molar-refractivity contribution in [2.24, 2.45) is 0 Å². The number of amides is 1. The number of carbonyl (C=O) groups is 1. The van der Waals surface area contributed by atoms with Crippen LogP contribution in [0.5, 0.6) is 0 Å². The molecule has 0 unspecified atom stereocenters. The zero-order valence-corrected chi connectivity index (χ0v) is 10.5. The van der Waals surface area contributed by atoms with Gasteiger partial charge in [-0.05, 0) is 37.8 Å². The van der Waals surface area contributed by atoms with Crippen molar-refractivity contribution < 1.29 is 4.79 Å². The molecule has 0 radical (unpaired) electrons. The Kier molecular flexibility index (Phi) is 3.28. The average Bonchev–Trinajstić information content (AvgIpc) is 3.28. The fourth-order valence-corrected chi connectivity index (χ4v) is 2.09. The number of aromatic nitrogens is 1. The molecule has 1 aromatic heterocycles. The van der Waals surface area contributed by atoms with Gasteiger partial charge in [0, 0.05) is 18.3 Å². The van der Waals surface area contributed by atoms with E-state index in [1.807, 2.05) is 23.1 Å². The third-order valence-corrected chi connectivity index (χ3v) is 3.49. The summed E-state index contributed by atoms with van der Waals surface area (Å²) in [5.41, 5.74) is 0.976. The molecule has 2 saturated carbocycles. The van der Waals surface area contributed by atoms with Crippen LogP contribution in [0.3, 0.4) is 0 Å². The van der Waals surface area contributed by atoms with Crippen LogP contribution in [0.1, 0.15) is 31.4 Å². The van der Waals surface area contributed by atoms with Crippen molar-refractivity contribution in [2.45, 2.75) is 44.3 Å². The molecule has 0 bridgehead atoms. The molecule has 4 nitrogen and oxygen atoms in total. The van der Waals surface area contributed by atoms with Crippen molar-refractivity contribution >= 4 is 5.91 Å². The van der Waals surface area contributed by atoms with Gasteiger partial charge in [-0.15, -0.1) is 0 Å². The Morgan fingerprint density at radius 1 is 1.33 bits per heavy atom. The first-order chi connectivity index (χ1) is 8.83. The summed E-state index contributed by atoms with van der Waals surface area (Å²) < 4.78 is 0. The Morgan fingerprint density at radius 2 is 2.17 bits per heavy atom. The molecule has 0 spiro atoms. The molecule has 1 aromatic rings. The highest BCUT2D eigenvalue weighted by Gasteiger charge is 2.33. The van der Waals surface area contributed by atoms with Crippen LogP contribution in [0.4, 0.5) is 0 Å². The number of hydrogen-bond acceptors (Lipinski definition) is 3. The van der Waals surface area contributed by atoms with Gasteiger partial charge in [-0.2, -0.15) is 0 Å². The Balaban J connectivity index is 1.58. The molecule has 2 aliphatic carbocycles. The lowest BCUT2D eigenvalue weighted by Crippen LogP contribution is -2.39. The highest BCUT2D eigenvalue weighted by Crippen LogP contribution is 2.28. The lowest BCUT2D eigenvalue weighted by molar-refractivity contribution is -0.131. The van der Waals surface area contributed by atoms with Gasteiger partial charge in [0.15, 0.2) is 0 Å².